The van der Waals surface area contributed by atoms with Gasteiger partial charge in [0, 0.05) is 25.4 Å². The molecule has 2 unspecified atom stereocenters. The Hall–Kier alpha value is -2.27. The normalized spacial score (nSPS) is 26.1. The summed E-state index contributed by atoms with van der Waals surface area (Å²) in [6, 6.07) is 9.41. The van der Waals surface area contributed by atoms with Crippen molar-refractivity contribution in [2.45, 2.75) is 25.7 Å². The van der Waals surface area contributed by atoms with Crippen molar-refractivity contribution < 1.29 is 19.1 Å². The van der Waals surface area contributed by atoms with Gasteiger partial charge in [0.05, 0.1) is 18.8 Å². The molecule has 1 aromatic rings. The summed E-state index contributed by atoms with van der Waals surface area (Å²) in [5.74, 6) is -1.90. The van der Waals surface area contributed by atoms with Gasteiger partial charge in [-0.2, -0.15) is 0 Å². The van der Waals surface area contributed by atoms with Gasteiger partial charge in [0.15, 0.2) is 11.6 Å². The van der Waals surface area contributed by atoms with E-state index in [0.717, 1.165) is 5.56 Å². The number of morpholine rings is 1. The van der Waals surface area contributed by atoms with Crippen LogP contribution >= 0.6 is 0 Å². The van der Waals surface area contributed by atoms with Crippen LogP contribution in [0.5, 0.6) is 0 Å². The number of rotatable bonds is 3. The highest BCUT2D eigenvalue weighted by atomic mass is 16.5. The van der Waals surface area contributed by atoms with E-state index < -0.39 is 11.8 Å². The largest absolute Gasteiger partial charge is 0.378 e. The molecule has 1 aromatic carbocycles. The molecule has 1 aliphatic heterocycles. The summed E-state index contributed by atoms with van der Waals surface area (Å²) >= 11 is 0. The van der Waals surface area contributed by atoms with Gasteiger partial charge < -0.3 is 9.64 Å². The second-order valence-corrected chi connectivity index (χ2v) is 6.45. The Morgan fingerprint density at radius 3 is 2.52 bits per heavy atom. The Morgan fingerprint density at radius 2 is 1.88 bits per heavy atom. The van der Waals surface area contributed by atoms with E-state index in [9.17, 15) is 14.4 Å². The molecule has 2 atom stereocenters. The van der Waals surface area contributed by atoms with Gasteiger partial charge in [-0.1, -0.05) is 43.3 Å². The van der Waals surface area contributed by atoms with E-state index in [-0.39, 0.29) is 29.5 Å². The summed E-state index contributed by atoms with van der Waals surface area (Å²) in [4.78, 5) is 40.3. The first kappa shape index (κ1) is 17.5. The van der Waals surface area contributed by atoms with E-state index >= 15 is 0 Å². The van der Waals surface area contributed by atoms with Crippen molar-refractivity contribution in [2.24, 2.45) is 5.92 Å². The molecule has 2 fully saturated rings. The van der Waals surface area contributed by atoms with Crippen LogP contribution in [0.15, 0.2) is 42.0 Å². The summed E-state index contributed by atoms with van der Waals surface area (Å²) in [5.41, 5.74) is 1.06. The first-order valence-electron chi connectivity index (χ1n) is 8.82. The highest BCUT2D eigenvalue weighted by Gasteiger charge is 2.45. The fourth-order valence-corrected chi connectivity index (χ4v) is 3.61. The van der Waals surface area contributed by atoms with Crippen LogP contribution in [0.3, 0.4) is 0 Å². The Labute approximate surface area is 147 Å². The third-order valence-corrected chi connectivity index (χ3v) is 4.88. The Morgan fingerprint density at radius 1 is 1.20 bits per heavy atom. The maximum atomic E-state index is 13.1. The van der Waals surface area contributed by atoms with E-state index in [1.165, 1.54) is 0 Å². The van der Waals surface area contributed by atoms with Crippen LogP contribution in [0.2, 0.25) is 0 Å². The Balaban J connectivity index is 1.97. The predicted molar refractivity (Wildman–Crippen MR) is 93.1 cm³/mol. The van der Waals surface area contributed by atoms with E-state index in [4.69, 9.17) is 4.74 Å². The minimum absolute atomic E-state index is 0.160. The van der Waals surface area contributed by atoms with Crippen LogP contribution in [0.4, 0.5) is 0 Å². The summed E-state index contributed by atoms with van der Waals surface area (Å²) in [6.07, 6.45) is 2.45. The molecule has 0 bridgehead atoms. The van der Waals surface area contributed by atoms with Crippen molar-refractivity contribution in [2.75, 3.05) is 26.3 Å². The average molecular weight is 341 g/mol. The van der Waals surface area contributed by atoms with Crippen molar-refractivity contribution in [1.82, 2.24) is 4.90 Å². The smallest absolute Gasteiger partial charge is 0.234 e. The van der Waals surface area contributed by atoms with E-state index in [2.05, 4.69) is 0 Å². The molecule has 1 aliphatic carbocycles. The summed E-state index contributed by atoms with van der Waals surface area (Å²) in [5, 5.41) is 0. The van der Waals surface area contributed by atoms with Crippen LogP contribution in [-0.2, 0) is 19.1 Å². The lowest BCUT2D eigenvalue weighted by atomic mass is 9.71. The number of amides is 1. The molecule has 132 valence electrons. The molecule has 0 spiro atoms. The molecule has 0 N–H and O–H groups in total. The SMILES string of the molecule is CC/C=C1/C(=O)CC(c2ccccc2)C(C(=O)N2CCOCC2)C1=O. The molecule has 2 aliphatic rings. The third kappa shape index (κ3) is 3.56. The number of Topliss-reactive ketones (excluding diaryl/α,β-unsaturated/α-hetero) is 2. The molecule has 5 heteroatoms. The first-order valence-corrected chi connectivity index (χ1v) is 8.82. The lowest BCUT2D eigenvalue weighted by molar-refractivity contribution is -0.146. The van der Waals surface area contributed by atoms with Gasteiger partial charge in [0.2, 0.25) is 5.91 Å². The minimum Gasteiger partial charge on any atom is -0.378 e. The van der Waals surface area contributed by atoms with Crippen molar-refractivity contribution in [1.29, 1.82) is 0 Å². The zero-order valence-electron chi connectivity index (χ0n) is 14.4. The van der Waals surface area contributed by atoms with Gasteiger partial charge in [0.1, 0.15) is 5.92 Å². The zero-order valence-corrected chi connectivity index (χ0v) is 14.4. The molecule has 5 nitrogen and oxygen atoms in total. The number of allylic oxidation sites excluding steroid dienone is 2. The summed E-state index contributed by atoms with van der Waals surface area (Å²) in [7, 11) is 0. The molecule has 1 saturated heterocycles. The second-order valence-electron chi connectivity index (χ2n) is 6.45. The third-order valence-electron chi connectivity index (χ3n) is 4.88. The molecule has 1 heterocycles. The van der Waals surface area contributed by atoms with Crippen LogP contribution in [0.1, 0.15) is 31.2 Å². The molecule has 1 saturated carbocycles. The van der Waals surface area contributed by atoms with Gasteiger partial charge in [-0.3, -0.25) is 14.4 Å². The topological polar surface area (TPSA) is 63.7 Å². The molecular weight excluding hydrogens is 318 g/mol. The number of hydrogen-bond donors (Lipinski definition) is 0. The van der Waals surface area contributed by atoms with Gasteiger partial charge in [-0.15, -0.1) is 0 Å². The van der Waals surface area contributed by atoms with Crippen molar-refractivity contribution >= 4 is 17.5 Å². The van der Waals surface area contributed by atoms with E-state index in [1.54, 1.807) is 11.0 Å². The highest BCUT2D eigenvalue weighted by Crippen LogP contribution is 2.37. The molecule has 0 aromatic heterocycles. The number of carbonyl (C=O) groups excluding carboxylic acids is 3. The molecular formula is C20H23NO4. The Bertz CT molecular complexity index is 689. The second kappa shape index (κ2) is 7.74. The van der Waals surface area contributed by atoms with Crippen molar-refractivity contribution in [3.8, 4) is 0 Å². The molecule has 25 heavy (non-hydrogen) atoms. The Kier molecular flexibility index (Phi) is 5.43. The lowest BCUT2D eigenvalue weighted by Gasteiger charge is -2.35. The van der Waals surface area contributed by atoms with Crippen molar-refractivity contribution in [3.63, 3.8) is 0 Å². The number of ketones is 2. The fourth-order valence-electron chi connectivity index (χ4n) is 3.61. The number of hydrogen-bond acceptors (Lipinski definition) is 4. The summed E-state index contributed by atoms with van der Waals surface area (Å²) < 4.78 is 5.31. The quantitative estimate of drug-likeness (QED) is 0.480. The van der Waals surface area contributed by atoms with Crippen LogP contribution in [0.25, 0.3) is 0 Å². The van der Waals surface area contributed by atoms with Gasteiger partial charge in [-0.25, -0.2) is 0 Å². The predicted octanol–water partition coefficient (Wildman–Crippen LogP) is 2.12. The number of benzene rings is 1. The molecule has 0 radical (unpaired) electrons. The lowest BCUT2D eigenvalue weighted by Crippen LogP contribution is -2.49. The van der Waals surface area contributed by atoms with Gasteiger partial charge >= 0.3 is 0 Å². The van der Waals surface area contributed by atoms with E-state index in [0.29, 0.717) is 32.7 Å². The van der Waals surface area contributed by atoms with E-state index in [1.807, 2.05) is 37.3 Å². The standard InChI is InChI=1S/C20H23NO4/c1-2-6-15-17(22)13-16(14-7-4-3-5-8-14)18(19(15)23)20(24)21-9-11-25-12-10-21/h3-8,16,18H,2,9-13H2,1H3/b15-6-. The molecule has 3 rings (SSSR count). The number of ether oxygens (including phenoxy) is 1. The van der Waals surface area contributed by atoms with Crippen molar-refractivity contribution in [3.05, 3.63) is 47.5 Å². The summed E-state index contributed by atoms with van der Waals surface area (Å²) in [6.45, 7) is 3.84. The zero-order chi connectivity index (χ0) is 17.8. The van der Waals surface area contributed by atoms with Crippen LogP contribution < -0.4 is 0 Å². The maximum Gasteiger partial charge on any atom is 0.234 e. The monoisotopic (exact) mass is 341 g/mol. The van der Waals surface area contributed by atoms with Gasteiger partial charge in [0.25, 0.3) is 0 Å². The molecule has 1 amide bonds. The fraction of sp³-hybridized carbons (Fsp3) is 0.450. The average Bonchev–Trinajstić information content (AvgIpc) is 2.65. The minimum atomic E-state index is -0.823. The first-order chi connectivity index (χ1) is 12.1. The number of nitrogens with zero attached hydrogens (tertiary/aromatic N) is 1. The number of carbonyl (C=O) groups is 3. The van der Waals surface area contributed by atoms with Gasteiger partial charge in [-0.05, 0) is 12.0 Å². The highest BCUT2D eigenvalue weighted by molar-refractivity contribution is 6.27. The van der Waals surface area contributed by atoms with Crippen LogP contribution in [0, 0.1) is 5.92 Å². The van der Waals surface area contributed by atoms with Crippen LogP contribution in [-0.4, -0.2) is 48.7 Å². The maximum absolute atomic E-state index is 13.1.